The van der Waals surface area contributed by atoms with Gasteiger partial charge in [-0.05, 0) is 29.8 Å². The van der Waals surface area contributed by atoms with Crippen LogP contribution in [0.2, 0.25) is 0 Å². The zero-order chi connectivity index (χ0) is 10.7. The van der Waals surface area contributed by atoms with E-state index in [2.05, 4.69) is 4.98 Å². The number of hydrogen-bond donors (Lipinski definition) is 1. The molecule has 0 aliphatic heterocycles. The number of rotatable bonds is 2. The van der Waals surface area contributed by atoms with Gasteiger partial charge in [0.15, 0.2) is 0 Å². The summed E-state index contributed by atoms with van der Waals surface area (Å²) < 4.78 is 12.9. The van der Waals surface area contributed by atoms with Gasteiger partial charge in [-0.2, -0.15) is 0 Å². The average Bonchev–Trinajstić information content (AvgIpc) is 2.29. The summed E-state index contributed by atoms with van der Waals surface area (Å²) in [5.74, 6) is -0.359. The van der Waals surface area contributed by atoms with Crippen molar-refractivity contribution < 1.29 is 9.50 Å². The minimum absolute atomic E-state index is 0.359. The van der Waals surface area contributed by atoms with Crippen LogP contribution in [0.3, 0.4) is 0 Å². The molecule has 1 atom stereocenters. The van der Waals surface area contributed by atoms with Gasteiger partial charge in [-0.1, -0.05) is 18.2 Å². The molecule has 2 nitrogen and oxygen atoms in total. The number of hydrogen-bond acceptors (Lipinski definition) is 2. The molecule has 0 fully saturated rings. The van der Waals surface area contributed by atoms with E-state index < -0.39 is 6.10 Å². The molecule has 2 aromatic rings. The third-order valence-corrected chi connectivity index (χ3v) is 2.13. The second-order valence-corrected chi connectivity index (χ2v) is 3.21. The average molecular weight is 203 g/mol. The first-order valence-electron chi connectivity index (χ1n) is 4.62. The van der Waals surface area contributed by atoms with Crippen molar-refractivity contribution in [1.29, 1.82) is 0 Å². The summed E-state index contributed by atoms with van der Waals surface area (Å²) in [4.78, 5) is 4.01. The summed E-state index contributed by atoms with van der Waals surface area (Å²) in [5, 5.41) is 9.89. The standard InChI is InChI=1S/C12H10FNO/c13-10-5-3-4-9(8-10)12(15)11-6-1-2-7-14-11/h1-8,12,15H/t12-/m0/s1. The molecule has 0 aliphatic carbocycles. The molecule has 1 aromatic carbocycles. The van der Waals surface area contributed by atoms with E-state index in [1.807, 2.05) is 0 Å². The van der Waals surface area contributed by atoms with Gasteiger partial charge in [0.1, 0.15) is 11.9 Å². The molecule has 0 unspecified atom stereocenters. The molecule has 1 heterocycles. The van der Waals surface area contributed by atoms with Crippen LogP contribution in [0.25, 0.3) is 0 Å². The van der Waals surface area contributed by atoms with Gasteiger partial charge in [0, 0.05) is 6.20 Å². The van der Waals surface area contributed by atoms with Crippen LogP contribution >= 0.6 is 0 Å². The molecule has 1 N–H and O–H groups in total. The normalized spacial score (nSPS) is 12.4. The highest BCUT2D eigenvalue weighted by molar-refractivity contribution is 5.25. The molecule has 0 radical (unpaired) electrons. The van der Waals surface area contributed by atoms with Crippen molar-refractivity contribution in [3.05, 3.63) is 65.7 Å². The Bertz CT molecular complexity index is 444. The highest BCUT2D eigenvalue weighted by Crippen LogP contribution is 2.19. The highest BCUT2D eigenvalue weighted by Gasteiger charge is 2.11. The quantitative estimate of drug-likeness (QED) is 0.812. The highest BCUT2D eigenvalue weighted by atomic mass is 19.1. The third kappa shape index (κ3) is 2.19. The Kier molecular flexibility index (Phi) is 2.74. The zero-order valence-corrected chi connectivity index (χ0v) is 7.97. The van der Waals surface area contributed by atoms with Gasteiger partial charge >= 0.3 is 0 Å². The zero-order valence-electron chi connectivity index (χ0n) is 7.97. The van der Waals surface area contributed by atoms with Crippen molar-refractivity contribution in [2.75, 3.05) is 0 Å². The molecular weight excluding hydrogens is 193 g/mol. The summed E-state index contributed by atoms with van der Waals surface area (Å²) in [7, 11) is 0. The fourth-order valence-corrected chi connectivity index (χ4v) is 1.39. The van der Waals surface area contributed by atoms with Gasteiger partial charge in [-0.3, -0.25) is 4.98 Å². The first-order chi connectivity index (χ1) is 7.27. The molecule has 0 amide bonds. The topological polar surface area (TPSA) is 33.1 Å². The third-order valence-electron chi connectivity index (χ3n) is 2.13. The van der Waals surface area contributed by atoms with Gasteiger partial charge in [0.25, 0.3) is 0 Å². The van der Waals surface area contributed by atoms with Crippen LogP contribution in [-0.2, 0) is 0 Å². The predicted molar refractivity (Wildman–Crippen MR) is 54.7 cm³/mol. The number of nitrogens with zero attached hydrogens (tertiary/aromatic N) is 1. The lowest BCUT2D eigenvalue weighted by atomic mass is 10.1. The summed E-state index contributed by atoms with van der Waals surface area (Å²) in [6.45, 7) is 0. The molecule has 0 saturated carbocycles. The second kappa shape index (κ2) is 4.19. The fraction of sp³-hybridized carbons (Fsp3) is 0.0833. The Morgan fingerprint density at radius 3 is 2.67 bits per heavy atom. The Hall–Kier alpha value is -1.74. The number of aliphatic hydroxyl groups is 1. The molecule has 0 bridgehead atoms. The van der Waals surface area contributed by atoms with Crippen molar-refractivity contribution in [3.8, 4) is 0 Å². The first-order valence-corrected chi connectivity index (χ1v) is 4.62. The Morgan fingerprint density at radius 2 is 2.00 bits per heavy atom. The van der Waals surface area contributed by atoms with Crippen LogP contribution in [0, 0.1) is 5.82 Å². The molecule has 1 aromatic heterocycles. The van der Waals surface area contributed by atoms with Crippen LogP contribution in [0.5, 0.6) is 0 Å². The molecule has 0 saturated heterocycles. The van der Waals surface area contributed by atoms with Crippen molar-refractivity contribution in [1.82, 2.24) is 4.98 Å². The Labute approximate surface area is 87.0 Å². The van der Waals surface area contributed by atoms with Gasteiger partial charge < -0.3 is 5.11 Å². The van der Waals surface area contributed by atoms with E-state index in [0.717, 1.165) is 0 Å². The van der Waals surface area contributed by atoms with Gasteiger partial charge in [0.2, 0.25) is 0 Å². The van der Waals surface area contributed by atoms with E-state index in [0.29, 0.717) is 11.3 Å². The summed E-state index contributed by atoms with van der Waals surface area (Å²) >= 11 is 0. The van der Waals surface area contributed by atoms with Crippen LogP contribution in [0.1, 0.15) is 17.4 Å². The smallest absolute Gasteiger partial charge is 0.123 e. The van der Waals surface area contributed by atoms with Crippen molar-refractivity contribution >= 4 is 0 Å². The first kappa shape index (κ1) is 9.80. The second-order valence-electron chi connectivity index (χ2n) is 3.21. The lowest BCUT2D eigenvalue weighted by Gasteiger charge is -2.09. The Morgan fingerprint density at radius 1 is 1.13 bits per heavy atom. The van der Waals surface area contributed by atoms with Crippen molar-refractivity contribution in [3.63, 3.8) is 0 Å². The molecular formula is C12H10FNO. The van der Waals surface area contributed by atoms with Gasteiger partial charge in [-0.15, -0.1) is 0 Å². The van der Waals surface area contributed by atoms with Crippen LogP contribution < -0.4 is 0 Å². The van der Waals surface area contributed by atoms with Gasteiger partial charge in [0.05, 0.1) is 5.69 Å². The monoisotopic (exact) mass is 203 g/mol. The predicted octanol–water partition coefficient (Wildman–Crippen LogP) is 2.30. The lowest BCUT2D eigenvalue weighted by Crippen LogP contribution is -2.01. The van der Waals surface area contributed by atoms with E-state index in [1.165, 1.54) is 12.1 Å². The number of pyridine rings is 1. The molecule has 2 rings (SSSR count). The van der Waals surface area contributed by atoms with Crippen LogP contribution in [0.15, 0.2) is 48.7 Å². The van der Waals surface area contributed by atoms with Crippen LogP contribution in [-0.4, -0.2) is 10.1 Å². The number of benzene rings is 1. The number of halogens is 1. The lowest BCUT2D eigenvalue weighted by molar-refractivity contribution is 0.215. The Balaban J connectivity index is 2.32. The fourth-order valence-electron chi connectivity index (χ4n) is 1.39. The van der Waals surface area contributed by atoms with Crippen molar-refractivity contribution in [2.45, 2.75) is 6.10 Å². The maximum absolute atomic E-state index is 12.9. The molecule has 15 heavy (non-hydrogen) atoms. The molecule has 3 heteroatoms. The van der Waals surface area contributed by atoms with Crippen molar-refractivity contribution in [2.24, 2.45) is 0 Å². The van der Waals surface area contributed by atoms with Crippen LogP contribution in [0.4, 0.5) is 4.39 Å². The maximum atomic E-state index is 12.9. The van der Waals surface area contributed by atoms with E-state index in [9.17, 15) is 9.50 Å². The molecule has 0 spiro atoms. The van der Waals surface area contributed by atoms with Gasteiger partial charge in [-0.25, -0.2) is 4.39 Å². The minimum atomic E-state index is -0.873. The molecule has 0 aliphatic rings. The summed E-state index contributed by atoms with van der Waals surface area (Å²) in [6, 6.07) is 11.1. The van der Waals surface area contributed by atoms with E-state index in [-0.39, 0.29) is 5.82 Å². The summed E-state index contributed by atoms with van der Waals surface area (Å²) in [5.41, 5.74) is 1.02. The largest absolute Gasteiger partial charge is 0.382 e. The number of aromatic nitrogens is 1. The maximum Gasteiger partial charge on any atom is 0.123 e. The molecule has 76 valence electrons. The number of aliphatic hydroxyl groups excluding tert-OH is 1. The van der Waals surface area contributed by atoms with E-state index >= 15 is 0 Å². The van der Waals surface area contributed by atoms with E-state index in [4.69, 9.17) is 0 Å². The summed E-state index contributed by atoms with van der Waals surface area (Å²) in [6.07, 6.45) is 0.722. The SMILES string of the molecule is O[C@@H](c1cccc(F)c1)c1ccccn1. The minimum Gasteiger partial charge on any atom is -0.382 e. The van der Waals surface area contributed by atoms with E-state index in [1.54, 1.807) is 36.5 Å².